The Hall–Kier alpha value is -2.37. The van der Waals surface area contributed by atoms with Crippen LogP contribution in [0, 0.1) is 0 Å². The number of carbonyl (C=O) groups is 2. The fourth-order valence-electron chi connectivity index (χ4n) is 2.91. The van der Waals surface area contributed by atoms with Crippen LogP contribution in [0.15, 0.2) is 30.6 Å². The number of carbonyl (C=O) groups excluding carboxylic acids is 1. The highest BCUT2D eigenvalue weighted by atomic mass is 16.4. The molecule has 2 aromatic rings. The average molecular weight is 287 g/mol. The molecule has 3 heterocycles. The zero-order valence-electron chi connectivity index (χ0n) is 11.6. The molecule has 0 aromatic carbocycles. The maximum absolute atomic E-state index is 12.4. The Morgan fingerprint density at radius 1 is 1.38 bits per heavy atom. The number of imidazole rings is 1. The van der Waals surface area contributed by atoms with Gasteiger partial charge in [0.1, 0.15) is 5.65 Å². The van der Waals surface area contributed by atoms with Crippen molar-refractivity contribution < 1.29 is 14.7 Å². The van der Waals surface area contributed by atoms with Crippen molar-refractivity contribution in [2.75, 3.05) is 6.54 Å². The number of rotatable bonds is 4. The van der Waals surface area contributed by atoms with E-state index in [9.17, 15) is 9.59 Å². The van der Waals surface area contributed by atoms with Crippen LogP contribution in [-0.2, 0) is 16.0 Å². The maximum atomic E-state index is 12.4. The Morgan fingerprint density at radius 2 is 2.24 bits per heavy atom. The largest absolute Gasteiger partial charge is 0.481 e. The third-order valence-corrected chi connectivity index (χ3v) is 3.85. The molecule has 110 valence electrons. The van der Waals surface area contributed by atoms with Crippen molar-refractivity contribution in [3.63, 3.8) is 0 Å². The number of likely N-dealkylation sites (tertiary alicyclic amines) is 1. The van der Waals surface area contributed by atoms with Gasteiger partial charge in [-0.25, -0.2) is 4.98 Å². The van der Waals surface area contributed by atoms with Gasteiger partial charge in [-0.2, -0.15) is 0 Å². The maximum Gasteiger partial charge on any atom is 0.305 e. The average Bonchev–Trinajstić information content (AvgIpc) is 3.03. The second-order valence-electron chi connectivity index (χ2n) is 5.36. The number of hydrogen-bond acceptors (Lipinski definition) is 3. The molecule has 1 amide bonds. The molecule has 1 N–H and O–H groups in total. The van der Waals surface area contributed by atoms with Gasteiger partial charge < -0.3 is 14.4 Å². The summed E-state index contributed by atoms with van der Waals surface area (Å²) in [5, 5.41) is 8.90. The van der Waals surface area contributed by atoms with Gasteiger partial charge >= 0.3 is 5.97 Å². The Bertz CT molecular complexity index is 647. The first kappa shape index (κ1) is 13.6. The predicted molar refractivity (Wildman–Crippen MR) is 75.9 cm³/mol. The molecule has 6 heteroatoms. The molecule has 0 saturated carbocycles. The van der Waals surface area contributed by atoms with Crippen LogP contribution in [0.25, 0.3) is 5.65 Å². The minimum absolute atomic E-state index is 0.0247. The first-order valence-corrected chi connectivity index (χ1v) is 7.07. The quantitative estimate of drug-likeness (QED) is 0.921. The molecular weight excluding hydrogens is 270 g/mol. The Balaban J connectivity index is 1.71. The van der Waals surface area contributed by atoms with E-state index >= 15 is 0 Å². The monoisotopic (exact) mass is 287 g/mol. The van der Waals surface area contributed by atoms with E-state index in [0.29, 0.717) is 12.2 Å². The standard InChI is InChI=1S/C15H17N3O3/c19-14(18-7-3-4-12(18)9-15(20)21)8-11-10-17-6-2-1-5-13(17)16-11/h1-2,5-6,10,12H,3-4,7-9H2,(H,20,21). The lowest BCUT2D eigenvalue weighted by molar-refractivity contribution is -0.139. The van der Waals surface area contributed by atoms with E-state index in [1.54, 1.807) is 4.90 Å². The van der Waals surface area contributed by atoms with Crippen molar-refractivity contribution in [3.05, 3.63) is 36.3 Å². The van der Waals surface area contributed by atoms with Crippen LogP contribution < -0.4 is 0 Å². The molecule has 0 spiro atoms. The Kier molecular flexibility index (Phi) is 3.60. The van der Waals surface area contributed by atoms with Crippen LogP contribution in [0.2, 0.25) is 0 Å². The number of nitrogens with zero attached hydrogens (tertiary/aromatic N) is 3. The van der Waals surface area contributed by atoms with Gasteiger partial charge in [-0.05, 0) is 25.0 Å². The molecule has 21 heavy (non-hydrogen) atoms. The summed E-state index contributed by atoms with van der Waals surface area (Å²) in [4.78, 5) is 29.3. The lowest BCUT2D eigenvalue weighted by Crippen LogP contribution is -2.37. The molecule has 2 aromatic heterocycles. The van der Waals surface area contributed by atoms with Crippen molar-refractivity contribution >= 4 is 17.5 Å². The molecule has 1 aliphatic heterocycles. The van der Waals surface area contributed by atoms with Crippen LogP contribution in [0.1, 0.15) is 25.0 Å². The number of hydrogen-bond donors (Lipinski definition) is 1. The summed E-state index contributed by atoms with van der Waals surface area (Å²) in [7, 11) is 0. The smallest absolute Gasteiger partial charge is 0.305 e. The highest BCUT2D eigenvalue weighted by Crippen LogP contribution is 2.21. The van der Waals surface area contributed by atoms with Gasteiger partial charge in [0.2, 0.25) is 5.91 Å². The number of aromatic nitrogens is 2. The van der Waals surface area contributed by atoms with E-state index in [0.717, 1.165) is 18.5 Å². The van der Waals surface area contributed by atoms with E-state index < -0.39 is 5.97 Å². The summed E-state index contributed by atoms with van der Waals surface area (Å²) in [6.07, 6.45) is 5.61. The van der Waals surface area contributed by atoms with Gasteiger partial charge in [0.05, 0.1) is 18.5 Å². The fraction of sp³-hybridized carbons (Fsp3) is 0.400. The van der Waals surface area contributed by atoms with E-state index in [1.807, 2.05) is 35.0 Å². The fourth-order valence-corrected chi connectivity index (χ4v) is 2.91. The van der Waals surface area contributed by atoms with Crippen molar-refractivity contribution in [2.45, 2.75) is 31.7 Å². The summed E-state index contributed by atoms with van der Waals surface area (Å²) < 4.78 is 1.88. The van der Waals surface area contributed by atoms with Gasteiger partial charge in [-0.3, -0.25) is 9.59 Å². The number of fused-ring (bicyclic) bond motifs is 1. The molecule has 1 aliphatic rings. The van der Waals surface area contributed by atoms with E-state index in [-0.39, 0.29) is 24.8 Å². The highest BCUT2D eigenvalue weighted by molar-refractivity contribution is 5.80. The van der Waals surface area contributed by atoms with E-state index in [2.05, 4.69) is 4.98 Å². The summed E-state index contributed by atoms with van der Waals surface area (Å²) in [6.45, 7) is 0.643. The topological polar surface area (TPSA) is 74.9 Å². The van der Waals surface area contributed by atoms with Crippen LogP contribution >= 0.6 is 0 Å². The van der Waals surface area contributed by atoms with Gasteiger partial charge in [0.15, 0.2) is 0 Å². The first-order chi connectivity index (χ1) is 10.1. The number of pyridine rings is 1. The molecule has 6 nitrogen and oxygen atoms in total. The van der Waals surface area contributed by atoms with Gasteiger partial charge in [-0.1, -0.05) is 6.07 Å². The summed E-state index contributed by atoms with van der Waals surface area (Å²) in [5.41, 5.74) is 1.52. The Morgan fingerprint density at radius 3 is 3.00 bits per heavy atom. The van der Waals surface area contributed by atoms with Crippen LogP contribution in [0.3, 0.4) is 0 Å². The second-order valence-corrected chi connectivity index (χ2v) is 5.36. The van der Waals surface area contributed by atoms with Crippen molar-refractivity contribution in [3.8, 4) is 0 Å². The molecule has 0 aliphatic carbocycles. The third kappa shape index (κ3) is 2.89. The number of carboxylic acid groups (broad SMARTS) is 1. The summed E-state index contributed by atoms with van der Waals surface area (Å²) >= 11 is 0. The summed E-state index contributed by atoms with van der Waals surface area (Å²) in [5.74, 6) is -0.894. The molecule has 0 radical (unpaired) electrons. The van der Waals surface area contributed by atoms with Gasteiger partial charge in [0, 0.05) is 25.0 Å². The predicted octanol–water partition coefficient (Wildman–Crippen LogP) is 1.34. The third-order valence-electron chi connectivity index (χ3n) is 3.85. The normalized spacial score (nSPS) is 18.3. The van der Waals surface area contributed by atoms with Gasteiger partial charge in [0.25, 0.3) is 0 Å². The molecule has 1 saturated heterocycles. The highest BCUT2D eigenvalue weighted by Gasteiger charge is 2.30. The van der Waals surface area contributed by atoms with E-state index in [4.69, 9.17) is 5.11 Å². The number of carboxylic acids is 1. The summed E-state index contributed by atoms with van der Waals surface area (Å²) in [6, 6.07) is 5.52. The number of amides is 1. The second kappa shape index (κ2) is 5.55. The minimum atomic E-state index is -0.854. The van der Waals surface area contributed by atoms with E-state index in [1.165, 1.54) is 0 Å². The molecular formula is C15H17N3O3. The molecule has 3 rings (SSSR count). The lowest BCUT2D eigenvalue weighted by atomic mass is 10.1. The number of aliphatic carboxylic acids is 1. The first-order valence-electron chi connectivity index (χ1n) is 7.07. The minimum Gasteiger partial charge on any atom is -0.481 e. The van der Waals surface area contributed by atoms with Crippen molar-refractivity contribution in [1.82, 2.24) is 14.3 Å². The van der Waals surface area contributed by atoms with Crippen LogP contribution in [-0.4, -0.2) is 43.9 Å². The molecule has 0 bridgehead atoms. The zero-order chi connectivity index (χ0) is 14.8. The lowest BCUT2D eigenvalue weighted by Gasteiger charge is -2.23. The molecule has 1 atom stereocenters. The zero-order valence-corrected chi connectivity index (χ0v) is 11.6. The molecule has 1 unspecified atom stereocenters. The van der Waals surface area contributed by atoms with Crippen molar-refractivity contribution in [2.24, 2.45) is 0 Å². The van der Waals surface area contributed by atoms with Gasteiger partial charge in [-0.15, -0.1) is 0 Å². The SMILES string of the molecule is O=C(O)CC1CCCN1C(=O)Cc1cn2ccccc2n1. The Labute approximate surface area is 122 Å². The van der Waals surface area contributed by atoms with Crippen molar-refractivity contribution in [1.29, 1.82) is 0 Å². The van der Waals surface area contributed by atoms with Crippen LogP contribution in [0.5, 0.6) is 0 Å². The van der Waals surface area contributed by atoms with Crippen LogP contribution in [0.4, 0.5) is 0 Å². The molecule has 1 fully saturated rings.